The van der Waals surface area contributed by atoms with Crippen LogP contribution >= 0.6 is 0 Å². The maximum Gasteiger partial charge on any atom is 0.317 e. The number of aliphatic carboxylic acids is 2. The van der Waals surface area contributed by atoms with E-state index in [2.05, 4.69) is 13.2 Å². The molecule has 6 nitrogen and oxygen atoms in total. The molecule has 1 rings (SSSR count). The van der Waals surface area contributed by atoms with E-state index in [1.54, 1.807) is 12.2 Å². The molecule has 0 aromatic heterocycles. The lowest BCUT2D eigenvalue weighted by Crippen LogP contribution is -2.36. The van der Waals surface area contributed by atoms with E-state index < -0.39 is 22.8 Å². The molecule has 0 spiro atoms. The van der Waals surface area contributed by atoms with Crippen molar-refractivity contribution in [3.63, 3.8) is 0 Å². The molecule has 0 radical (unpaired) electrons. The van der Waals surface area contributed by atoms with Crippen molar-refractivity contribution in [1.82, 2.24) is 0 Å². The molecule has 0 heterocycles. The summed E-state index contributed by atoms with van der Waals surface area (Å²) in [7, 11) is 0. The SMILES string of the molecule is C=CCOCCC1(C(=O)O)C=CC(CCOCC=C)(C(=O)O)C=C1. The molecule has 0 saturated heterocycles. The minimum atomic E-state index is -1.26. The number of hydrogen-bond donors (Lipinski definition) is 2. The Morgan fingerprint density at radius 2 is 1.17 bits per heavy atom. The highest BCUT2D eigenvalue weighted by Gasteiger charge is 2.42. The Kier molecular flexibility index (Phi) is 7.61. The number of hydrogen-bond acceptors (Lipinski definition) is 4. The van der Waals surface area contributed by atoms with Gasteiger partial charge in [0.1, 0.15) is 10.8 Å². The summed E-state index contributed by atoms with van der Waals surface area (Å²) in [4.78, 5) is 23.3. The fourth-order valence-electron chi connectivity index (χ4n) is 2.35. The molecular formula is C18H24O6. The molecular weight excluding hydrogens is 312 g/mol. The van der Waals surface area contributed by atoms with E-state index >= 15 is 0 Å². The lowest BCUT2D eigenvalue weighted by Gasteiger charge is -2.32. The molecule has 1 aliphatic carbocycles. The van der Waals surface area contributed by atoms with Gasteiger partial charge in [0.05, 0.1) is 13.2 Å². The Bertz CT molecular complexity index is 472. The number of rotatable bonds is 12. The molecule has 0 aliphatic heterocycles. The van der Waals surface area contributed by atoms with Crippen LogP contribution in [0.15, 0.2) is 49.6 Å². The third-order valence-corrected chi connectivity index (χ3v) is 3.94. The zero-order valence-corrected chi connectivity index (χ0v) is 13.6. The lowest BCUT2D eigenvalue weighted by atomic mass is 9.72. The second-order valence-corrected chi connectivity index (χ2v) is 5.58. The molecule has 2 N–H and O–H groups in total. The molecule has 0 atom stereocenters. The first kappa shape index (κ1) is 19.9. The van der Waals surface area contributed by atoms with Gasteiger partial charge >= 0.3 is 11.9 Å². The van der Waals surface area contributed by atoms with Gasteiger partial charge in [0.25, 0.3) is 0 Å². The first-order valence-electron chi connectivity index (χ1n) is 7.67. The van der Waals surface area contributed by atoms with Gasteiger partial charge in [-0.05, 0) is 12.8 Å². The summed E-state index contributed by atoms with van der Waals surface area (Å²) in [5.74, 6) is -2.09. The average Bonchev–Trinajstić information content (AvgIpc) is 2.56. The highest BCUT2D eigenvalue weighted by Crippen LogP contribution is 2.39. The lowest BCUT2D eigenvalue weighted by molar-refractivity contribution is -0.147. The molecule has 0 bridgehead atoms. The molecule has 0 saturated carbocycles. The summed E-state index contributed by atoms with van der Waals surface area (Å²) in [6, 6.07) is 0. The van der Waals surface area contributed by atoms with Gasteiger partial charge in [0.15, 0.2) is 0 Å². The third-order valence-electron chi connectivity index (χ3n) is 3.94. The Balaban J connectivity index is 2.85. The average molecular weight is 336 g/mol. The molecule has 0 aromatic carbocycles. The van der Waals surface area contributed by atoms with Crippen molar-refractivity contribution in [1.29, 1.82) is 0 Å². The first-order valence-corrected chi connectivity index (χ1v) is 7.67. The van der Waals surface area contributed by atoms with E-state index in [0.29, 0.717) is 13.2 Å². The Hall–Kier alpha value is -2.18. The molecule has 132 valence electrons. The molecule has 1 aliphatic rings. The van der Waals surface area contributed by atoms with E-state index in [4.69, 9.17) is 9.47 Å². The summed E-state index contributed by atoms with van der Waals surface area (Å²) >= 11 is 0. The zero-order chi connectivity index (χ0) is 18.1. The number of carboxylic acid groups (broad SMARTS) is 2. The van der Waals surface area contributed by atoms with Crippen LogP contribution < -0.4 is 0 Å². The number of carboxylic acids is 2. The van der Waals surface area contributed by atoms with Crippen LogP contribution in [0, 0.1) is 10.8 Å². The topological polar surface area (TPSA) is 93.1 Å². The van der Waals surface area contributed by atoms with Gasteiger partial charge in [-0.15, -0.1) is 13.2 Å². The maximum atomic E-state index is 11.7. The Labute approximate surface area is 141 Å². The number of ether oxygens (including phenoxy) is 2. The van der Waals surface area contributed by atoms with Crippen molar-refractivity contribution in [2.24, 2.45) is 10.8 Å². The minimum absolute atomic E-state index is 0.214. The van der Waals surface area contributed by atoms with Gasteiger partial charge in [-0.2, -0.15) is 0 Å². The minimum Gasteiger partial charge on any atom is -0.480 e. The normalized spacial score (nSPS) is 25.3. The second kappa shape index (κ2) is 9.20. The largest absolute Gasteiger partial charge is 0.480 e. The highest BCUT2D eigenvalue weighted by molar-refractivity contribution is 5.84. The van der Waals surface area contributed by atoms with Gasteiger partial charge in [-0.3, -0.25) is 9.59 Å². The van der Waals surface area contributed by atoms with E-state index in [1.807, 2.05) is 0 Å². The van der Waals surface area contributed by atoms with Crippen LogP contribution in [0.1, 0.15) is 12.8 Å². The predicted molar refractivity (Wildman–Crippen MR) is 89.7 cm³/mol. The van der Waals surface area contributed by atoms with Crippen LogP contribution in [-0.2, 0) is 19.1 Å². The van der Waals surface area contributed by atoms with Crippen molar-refractivity contribution < 1.29 is 29.3 Å². The van der Waals surface area contributed by atoms with Gasteiger partial charge < -0.3 is 19.7 Å². The summed E-state index contributed by atoms with van der Waals surface area (Å²) in [5.41, 5.74) is -2.52. The van der Waals surface area contributed by atoms with Crippen molar-refractivity contribution in [2.45, 2.75) is 12.8 Å². The third kappa shape index (κ3) is 4.91. The van der Waals surface area contributed by atoms with Gasteiger partial charge in [0.2, 0.25) is 0 Å². The predicted octanol–water partition coefficient (Wildman–Crippen LogP) is 2.44. The number of carbonyl (C=O) groups is 2. The van der Waals surface area contributed by atoms with Crippen LogP contribution in [-0.4, -0.2) is 48.6 Å². The van der Waals surface area contributed by atoms with Gasteiger partial charge in [-0.1, -0.05) is 36.5 Å². The van der Waals surface area contributed by atoms with Gasteiger partial charge in [0, 0.05) is 13.2 Å². The van der Waals surface area contributed by atoms with Crippen LogP contribution in [0.4, 0.5) is 0 Å². The molecule has 6 heteroatoms. The summed E-state index contributed by atoms with van der Waals surface area (Å²) in [6.45, 7) is 8.19. The smallest absolute Gasteiger partial charge is 0.317 e. The Morgan fingerprint density at radius 1 is 0.833 bits per heavy atom. The van der Waals surface area contributed by atoms with Gasteiger partial charge in [-0.25, -0.2) is 0 Å². The van der Waals surface area contributed by atoms with E-state index in [9.17, 15) is 19.8 Å². The highest BCUT2D eigenvalue weighted by atomic mass is 16.5. The van der Waals surface area contributed by atoms with Crippen molar-refractivity contribution in [2.75, 3.05) is 26.4 Å². The summed E-state index contributed by atoms with van der Waals surface area (Å²) in [5, 5.41) is 19.1. The Morgan fingerprint density at radius 3 is 1.42 bits per heavy atom. The molecule has 0 fully saturated rings. The molecule has 24 heavy (non-hydrogen) atoms. The quantitative estimate of drug-likeness (QED) is 0.420. The molecule has 0 unspecified atom stereocenters. The standard InChI is InChI=1S/C18H24O6/c1-3-11-23-13-9-17(15(19)20)5-7-18(8-6-17,16(21)22)10-14-24-12-4-2/h3-8H,1-2,9-14H2,(H,19,20)(H,21,22). The first-order chi connectivity index (χ1) is 11.4. The second-order valence-electron chi connectivity index (χ2n) is 5.58. The van der Waals surface area contributed by atoms with E-state index in [-0.39, 0.29) is 26.1 Å². The van der Waals surface area contributed by atoms with E-state index in [0.717, 1.165) is 0 Å². The van der Waals surface area contributed by atoms with Crippen molar-refractivity contribution in [3.05, 3.63) is 49.6 Å². The van der Waals surface area contributed by atoms with Crippen LogP contribution in [0.2, 0.25) is 0 Å². The molecule has 0 amide bonds. The van der Waals surface area contributed by atoms with E-state index in [1.165, 1.54) is 24.3 Å². The fraction of sp³-hybridized carbons (Fsp3) is 0.444. The maximum absolute atomic E-state index is 11.7. The van der Waals surface area contributed by atoms with Crippen molar-refractivity contribution in [3.8, 4) is 0 Å². The van der Waals surface area contributed by atoms with Crippen LogP contribution in [0.25, 0.3) is 0 Å². The molecule has 0 aromatic rings. The fourth-order valence-corrected chi connectivity index (χ4v) is 2.35. The van der Waals surface area contributed by atoms with Crippen LogP contribution in [0.3, 0.4) is 0 Å². The van der Waals surface area contributed by atoms with Crippen molar-refractivity contribution >= 4 is 11.9 Å². The summed E-state index contributed by atoms with van der Waals surface area (Å²) in [6.07, 6.45) is 9.35. The van der Waals surface area contributed by atoms with Crippen LogP contribution in [0.5, 0.6) is 0 Å². The zero-order valence-electron chi connectivity index (χ0n) is 13.6. The monoisotopic (exact) mass is 336 g/mol. The summed E-state index contributed by atoms with van der Waals surface area (Å²) < 4.78 is 10.5.